The number of nitriles is 1. The molecular weight excluding hydrogens is 262 g/mol. The van der Waals surface area contributed by atoms with Crippen LogP contribution in [-0.2, 0) is 0 Å². The van der Waals surface area contributed by atoms with Crippen LogP contribution >= 0.6 is 0 Å². The fraction of sp³-hybridized carbons (Fsp3) is 0.250. The third kappa shape index (κ3) is 2.75. The fourth-order valence-electron chi connectivity index (χ4n) is 2.66. The van der Waals surface area contributed by atoms with E-state index in [1.165, 1.54) is 0 Å². The van der Waals surface area contributed by atoms with Crippen molar-refractivity contribution in [1.82, 2.24) is 4.98 Å². The third-order valence-corrected chi connectivity index (χ3v) is 3.78. The number of hydrogen-bond donors (Lipinski definition) is 1. The molecule has 0 bridgehead atoms. The number of nitrogens with zero attached hydrogens (tertiary/aromatic N) is 4. The molecule has 5 heteroatoms. The molecule has 1 aliphatic heterocycles. The molecule has 0 spiro atoms. The number of piperazine rings is 1. The molecule has 2 N–H and O–H groups in total. The lowest BCUT2D eigenvalue weighted by Gasteiger charge is -2.37. The molecule has 0 radical (unpaired) electrons. The minimum absolute atomic E-state index is 0.460. The summed E-state index contributed by atoms with van der Waals surface area (Å²) in [6.07, 6.45) is 1.69. The first-order chi connectivity index (χ1) is 10.3. The molecule has 2 heterocycles. The summed E-state index contributed by atoms with van der Waals surface area (Å²) in [5.41, 5.74) is 9.48. The van der Waals surface area contributed by atoms with Crippen molar-refractivity contribution in [3.05, 3.63) is 48.3 Å². The maximum Gasteiger partial charge on any atom is 0.142 e. The first-order valence-corrected chi connectivity index (χ1v) is 6.98. The van der Waals surface area contributed by atoms with Crippen LogP contribution in [0.4, 0.5) is 17.1 Å². The van der Waals surface area contributed by atoms with Crippen molar-refractivity contribution in [2.24, 2.45) is 0 Å². The second-order valence-electron chi connectivity index (χ2n) is 5.04. The minimum atomic E-state index is 0.460. The number of benzene rings is 1. The molecule has 1 aliphatic rings. The van der Waals surface area contributed by atoms with Crippen LogP contribution in [0.1, 0.15) is 5.69 Å². The summed E-state index contributed by atoms with van der Waals surface area (Å²) in [5.74, 6) is 0. The Morgan fingerprint density at radius 1 is 1.05 bits per heavy atom. The zero-order valence-corrected chi connectivity index (χ0v) is 11.7. The van der Waals surface area contributed by atoms with Gasteiger partial charge < -0.3 is 15.5 Å². The summed E-state index contributed by atoms with van der Waals surface area (Å²) in [6, 6.07) is 13.8. The molecule has 2 aromatic rings. The Kier molecular flexibility index (Phi) is 3.61. The van der Waals surface area contributed by atoms with Gasteiger partial charge in [-0.25, -0.2) is 4.98 Å². The van der Waals surface area contributed by atoms with Crippen molar-refractivity contribution in [2.45, 2.75) is 0 Å². The van der Waals surface area contributed by atoms with E-state index in [2.05, 4.69) is 26.9 Å². The number of pyridine rings is 1. The van der Waals surface area contributed by atoms with Crippen LogP contribution in [0.15, 0.2) is 42.6 Å². The topological polar surface area (TPSA) is 69.2 Å². The second-order valence-corrected chi connectivity index (χ2v) is 5.04. The predicted octanol–water partition coefficient (Wildman–Crippen LogP) is 1.86. The van der Waals surface area contributed by atoms with Crippen LogP contribution in [-0.4, -0.2) is 31.2 Å². The number of nitrogen functional groups attached to an aromatic ring is 1. The summed E-state index contributed by atoms with van der Waals surface area (Å²) in [4.78, 5) is 8.59. The number of rotatable bonds is 2. The van der Waals surface area contributed by atoms with E-state index < -0.39 is 0 Å². The first-order valence-electron chi connectivity index (χ1n) is 6.98. The molecule has 106 valence electrons. The van der Waals surface area contributed by atoms with E-state index in [1.54, 1.807) is 6.20 Å². The average molecular weight is 279 g/mol. The summed E-state index contributed by atoms with van der Waals surface area (Å²) >= 11 is 0. The quantitative estimate of drug-likeness (QED) is 0.850. The molecule has 0 aliphatic carbocycles. The van der Waals surface area contributed by atoms with Gasteiger partial charge in [0.2, 0.25) is 0 Å². The van der Waals surface area contributed by atoms with Gasteiger partial charge in [0.25, 0.3) is 0 Å². The molecule has 1 aromatic heterocycles. The molecule has 1 fully saturated rings. The maximum atomic E-state index is 8.93. The predicted molar refractivity (Wildman–Crippen MR) is 84.2 cm³/mol. The molecule has 1 saturated heterocycles. The van der Waals surface area contributed by atoms with Gasteiger partial charge in [0.15, 0.2) is 0 Å². The largest absolute Gasteiger partial charge is 0.397 e. The van der Waals surface area contributed by atoms with Crippen molar-refractivity contribution in [2.75, 3.05) is 41.7 Å². The van der Waals surface area contributed by atoms with Crippen molar-refractivity contribution in [3.63, 3.8) is 0 Å². The van der Waals surface area contributed by atoms with Crippen LogP contribution in [0.2, 0.25) is 0 Å². The van der Waals surface area contributed by atoms with E-state index in [0.717, 1.165) is 43.2 Å². The van der Waals surface area contributed by atoms with Crippen molar-refractivity contribution in [1.29, 1.82) is 5.26 Å². The number of aromatic nitrogens is 1. The molecular formula is C16H17N5. The standard InChI is InChI=1S/C16H17N5/c17-12-13-11-14(5-6-19-13)20-7-9-21(10-8-20)16-4-2-1-3-15(16)18/h1-6,11H,7-10,18H2. The van der Waals surface area contributed by atoms with Gasteiger partial charge in [0.1, 0.15) is 11.8 Å². The van der Waals surface area contributed by atoms with E-state index in [1.807, 2.05) is 30.3 Å². The monoisotopic (exact) mass is 279 g/mol. The lowest BCUT2D eigenvalue weighted by atomic mass is 10.2. The van der Waals surface area contributed by atoms with Crippen molar-refractivity contribution in [3.8, 4) is 6.07 Å². The summed E-state index contributed by atoms with van der Waals surface area (Å²) in [5, 5.41) is 8.93. The average Bonchev–Trinajstić information content (AvgIpc) is 2.56. The van der Waals surface area contributed by atoms with E-state index in [0.29, 0.717) is 5.69 Å². The highest BCUT2D eigenvalue weighted by molar-refractivity contribution is 5.68. The van der Waals surface area contributed by atoms with E-state index >= 15 is 0 Å². The van der Waals surface area contributed by atoms with Crippen molar-refractivity contribution >= 4 is 17.1 Å². The number of nitrogens with two attached hydrogens (primary N) is 1. The Labute approximate surface area is 124 Å². The van der Waals surface area contributed by atoms with Gasteiger partial charge >= 0.3 is 0 Å². The zero-order chi connectivity index (χ0) is 14.7. The van der Waals surface area contributed by atoms with Gasteiger partial charge in [-0.3, -0.25) is 0 Å². The SMILES string of the molecule is N#Cc1cc(N2CCN(c3ccccc3N)CC2)ccn1. The molecule has 0 unspecified atom stereocenters. The maximum absolute atomic E-state index is 8.93. The molecule has 1 aromatic carbocycles. The van der Waals surface area contributed by atoms with Gasteiger partial charge in [-0.2, -0.15) is 5.26 Å². The van der Waals surface area contributed by atoms with Crippen LogP contribution in [0.5, 0.6) is 0 Å². The Hall–Kier alpha value is -2.74. The Morgan fingerprint density at radius 2 is 1.76 bits per heavy atom. The van der Waals surface area contributed by atoms with E-state index in [4.69, 9.17) is 11.0 Å². The van der Waals surface area contributed by atoms with Gasteiger partial charge in [0, 0.05) is 38.1 Å². The van der Waals surface area contributed by atoms with E-state index in [-0.39, 0.29) is 0 Å². The fourth-order valence-corrected chi connectivity index (χ4v) is 2.66. The van der Waals surface area contributed by atoms with Crippen LogP contribution in [0, 0.1) is 11.3 Å². The second kappa shape index (κ2) is 5.71. The molecule has 3 rings (SSSR count). The number of para-hydroxylation sites is 2. The Bertz CT molecular complexity index is 668. The smallest absolute Gasteiger partial charge is 0.142 e. The highest BCUT2D eigenvalue weighted by Crippen LogP contribution is 2.25. The van der Waals surface area contributed by atoms with Gasteiger partial charge in [-0.05, 0) is 24.3 Å². The zero-order valence-electron chi connectivity index (χ0n) is 11.7. The summed E-state index contributed by atoms with van der Waals surface area (Å²) in [6.45, 7) is 3.64. The Morgan fingerprint density at radius 3 is 2.48 bits per heavy atom. The third-order valence-electron chi connectivity index (χ3n) is 3.78. The van der Waals surface area contributed by atoms with Crippen LogP contribution < -0.4 is 15.5 Å². The lowest BCUT2D eigenvalue weighted by Crippen LogP contribution is -2.46. The molecule has 0 amide bonds. The van der Waals surface area contributed by atoms with Gasteiger partial charge in [-0.15, -0.1) is 0 Å². The van der Waals surface area contributed by atoms with Gasteiger partial charge in [-0.1, -0.05) is 12.1 Å². The first kappa shape index (κ1) is 13.3. The molecule has 5 nitrogen and oxygen atoms in total. The normalized spacial score (nSPS) is 14.8. The van der Waals surface area contributed by atoms with Crippen LogP contribution in [0.3, 0.4) is 0 Å². The number of hydrogen-bond acceptors (Lipinski definition) is 5. The van der Waals surface area contributed by atoms with Crippen LogP contribution in [0.25, 0.3) is 0 Å². The van der Waals surface area contributed by atoms with Gasteiger partial charge in [0.05, 0.1) is 11.4 Å². The van der Waals surface area contributed by atoms with E-state index in [9.17, 15) is 0 Å². The minimum Gasteiger partial charge on any atom is -0.397 e. The lowest BCUT2D eigenvalue weighted by molar-refractivity contribution is 0.654. The molecule has 21 heavy (non-hydrogen) atoms. The highest BCUT2D eigenvalue weighted by Gasteiger charge is 2.19. The summed E-state index contributed by atoms with van der Waals surface area (Å²) in [7, 11) is 0. The van der Waals surface area contributed by atoms with Crippen molar-refractivity contribution < 1.29 is 0 Å². The molecule has 0 atom stereocenters. The summed E-state index contributed by atoms with van der Waals surface area (Å²) < 4.78 is 0. The Balaban J connectivity index is 1.71. The highest BCUT2D eigenvalue weighted by atomic mass is 15.3. The molecule has 0 saturated carbocycles. The number of anilines is 3.